The molecule has 3 rings (SSSR count). The molecular weight excluding hydrogens is 359 g/mol. The second-order valence-corrected chi connectivity index (χ2v) is 8.37. The third-order valence-corrected chi connectivity index (χ3v) is 6.37. The SMILES string of the molecule is CCCC(NC)/C(=C\NC1CC(CC)C1)C1CNc2cc(SF)ccc2N1. The Bertz CT molecular complexity index is 645. The largest absolute Gasteiger partial charge is 0.388 e. The third kappa shape index (κ3) is 4.91. The Morgan fingerprint density at radius 1 is 1.33 bits per heavy atom. The minimum absolute atomic E-state index is 0.208. The molecule has 27 heavy (non-hydrogen) atoms. The zero-order valence-electron chi connectivity index (χ0n) is 16.6. The molecule has 1 saturated carbocycles. The Morgan fingerprint density at radius 2 is 2.15 bits per heavy atom. The van der Waals surface area contributed by atoms with Gasteiger partial charge in [-0.2, -0.15) is 3.89 Å². The van der Waals surface area contributed by atoms with Gasteiger partial charge in [0.25, 0.3) is 0 Å². The first-order chi connectivity index (χ1) is 13.2. The third-order valence-electron chi connectivity index (χ3n) is 5.94. The molecular formula is C21H33FN4S. The highest BCUT2D eigenvalue weighted by atomic mass is 32.2. The van der Waals surface area contributed by atoms with Crippen LogP contribution in [0.3, 0.4) is 0 Å². The fraction of sp³-hybridized carbons (Fsp3) is 0.619. The van der Waals surface area contributed by atoms with Crippen molar-refractivity contribution in [1.29, 1.82) is 0 Å². The molecule has 1 heterocycles. The van der Waals surface area contributed by atoms with E-state index in [0.717, 1.165) is 36.7 Å². The fourth-order valence-electron chi connectivity index (χ4n) is 4.12. The number of likely N-dealkylation sites (N-methyl/N-ethyl adjacent to an activating group) is 1. The van der Waals surface area contributed by atoms with Crippen LogP contribution < -0.4 is 21.3 Å². The van der Waals surface area contributed by atoms with Gasteiger partial charge in [0.2, 0.25) is 0 Å². The standard InChI is InChI=1S/C21H33FN4S/c1-4-6-18(23-3)17(12-24-15-9-14(5-2)10-15)21-13-25-20-11-16(27-22)7-8-19(20)26-21/h7-8,11-12,14-15,18,21,23-26H,4-6,9-10,13H2,1-3H3/b17-12+. The number of nitrogens with one attached hydrogen (secondary N) is 4. The molecule has 4 nitrogen and oxygen atoms in total. The van der Waals surface area contributed by atoms with Crippen LogP contribution in [0.5, 0.6) is 0 Å². The lowest BCUT2D eigenvalue weighted by Gasteiger charge is -2.37. The van der Waals surface area contributed by atoms with Crippen LogP contribution in [0.4, 0.5) is 15.3 Å². The summed E-state index contributed by atoms with van der Waals surface area (Å²) in [5, 5.41) is 14.3. The first-order valence-electron chi connectivity index (χ1n) is 10.2. The maximum Gasteiger partial charge on any atom is 0.0812 e. The molecule has 1 fully saturated rings. The van der Waals surface area contributed by atoms with Crippen molar-refractivity contribution in [2.45, 2.75) is 69.0 Å². The molecule has 0 spiro atoms. The van der Waals surface area contributed by atoms with E-state index < -0.39 is 0 Å². The smallest absolute Gasteiger partial charge is 0.0812 e. The summed E-state index contributed by atoms with van der Waals surface area (Å²) in [4.78, 5) is 0.633. The fourth-order valence-corrected chi connectivity index (χ4v) is 4.41. The van der Waals surface area contributed by atoms with Crippen LogP contribution in [-0.4, -0.2) is 31.7 Å². The quantitative estimate of drug-likeness (QED) is 0.481. The van der Waals surface area contributed by atoms with Gasteiger partial charge in [-0.1, -0.05) is 26.7 Å². The lowest BCUT2D eigenvalue weighted by Crippen LogP contribution is -2.44. The molecule has 2 aliphatic rings. The Labute approximate surface area is 167 Å². The summed E-state index contributed by atoms with van der Waals surface area (Å²) in [6.07, 6.45) is 8.34. The molecule has 0 radical (unpaired) electrons. The Hall–Kier alpha value is -1.40. The number of anilines is 2. The van der Waals surface area contributed by atoms with Crippen molar-refractivity contribution in [3.05, 3.63) is 30.0 Å². The molecule has 4 N–H and O–H groups in total. The van der Waals surface area contributed by atoms with Crippen molar-refractivity contribution in [1.82, 2.24) is 10.6 Å². The summed E-state index contributed by atoms with van der Waals surface area (Å²) < 4.78 is 12.8. The van der Waals surface area contributed by atoms with Gasteiger partial charge in [-0.15, -0.1) is 0 Å². The van der Waals surface area contributed by atoms with Gasteiger partial charge < -0.3 is 21.3 Å². The number of rotatable bonds is 9. The predicted octanol–water partition coefficient (Wildman–Crippen LogP) is 4.92. The topological polar surface area (TPSA) is 48.1 Å². The molecule has 0 saturated heterocycles. The van der Waals surface area contributed by atoms with Crippen molar-refractivity contribution in [2.24, 2.45) is 5.92 Å². The van der Waals surface area contributed by atoms with Crippen LogP contribution in [0, 0.1) is 5.92 Å². The summed E-state index contributed by atoms with van der Waals surface area (Å²) in [6.45, 7) is 5.30. The Kier molecular flexibility index (Phi) is 7.30. The van der Waals surface area contributed by atoms with Gasteiger partial charge in [0.15, 0.2) is 0 Å². The van der Waals surface area contributed by atoms with E-state index in [0.29, 0.717) is 17.0 Å². The van der Waals surface area contributed by atoms with E-state index in [4.69, 9.17) is 0 Å². The van der Waals surface area contributed by atoms with E-state index in [-0.39, 0.29) is 18.2 Å². The van der Waals surface area contributed by atoms with E-state index in [9.17, 15) is 3.89 Å². The molecule has 6 heteroatoms. The van der Waals surface area contributed by atoms with Gasteiger partial charge in [-0.05, 0) is 62.2 Å². The zero-order valence-corrected chi connectivity index (χ0v) is 17.5. The molecule has 2 atom stereocenters. The van der Waals surface area contributed by atoms with Crippen molar-refractivity contribution >= 4 is 23.5 Å². The minimum atomic E-state index is 0.208. The highest BCUT2D eigenvalue weighted by Gasteiger charge is 2.29. The predicted molar refractivity (Wildman–Crippen MR) is 115 cm³/mol. The van der Waals surface area contributed by atoms with Gasteiger partial charge >= 0.3 is 0 Å². The van der Waals surface area contributed by atoms with Gasteiger partial charge in [-0.3, -0.25) is 0 Å². The van der Waals surface area contributed by atoms with Crippen molar-refractivity contribution in [2.75, 3.05) is 24.2 Å². The van der Waals surface area contributed by atoms with Crippen molar-refractivity contribution in [3.63, 3.8) is 0 Å². The summed E-state index contributed by atoms with van der Waals surface area (Å²) in [5.41, 5.74) is 3.37. The molecule has 2 unspecified atom stereocenters. The number of fused-ring (bicyclic) bond motifs is 1. The van der Waals surface area contributed by atoms with Gasteiger partial charge in [0.1, 0.15) is 0 Å². The van der Waals surface area contributed by atoms with Crippen molar-refractivity contribution < 1.29 is 3.89 Å². The summed E-state index contributed by atoms with van der Waals surface area (Å²) in [7, 11) is 2.04. The normalized spacial score (nSPS) is 25.6. The van der Waals surface area contributed by atoms with Gasteiger partial charge in [0, 0.05) is 23.5 Å². The average molecular weight is 393 g/mol. The van der Waals surface area contributed by atoms with E-state index in [1.165, 1.54) is 24.8 Å². The zero-order chi connectivity index (χ0) is 19.2. The second kappa shape index (κ2) is 9.69. The molecule has 1 aromatic rings. The van der Waals surface area contributed by atoms with Crippen LogP contribution in [0.1, 0.15) is 46.0 Å². The van der Waals surface area contributed by atoms with Crippen LogP contribution in [0.25, 0.3) is 0 Å². The number of halogens is 1. The Balaban J connectivity index is 1.73. The van der Waals surface area contributed by atoms with Crippen LogP contribution >= 0.6 is 12.1 Å². The van der Waals surface area contributed by atoms with Crippen LogP contribution in [-0.2, 0) is 0 Å². The van der Waals surface area contributed by atoms with E-state index in [1.54, 1.807) is 0 Å². The minimum Gasteiger partial charge on any atom is -0.388 e. The molecule has 0 bridgehead atoms. The molecule has 1 aromatic carbocycles. The molecule has 0 amide bonds. The monoisotopic (exact) mass is 392 g/mol. The first-order valence-corrected chi connectivity index (χ1v) is 11.0. The van der Waals surface area contributed by atoms with Gasteiger partial charge in [0.05, 0.1) is 29.6 Å². The molecule has 0 aromatic heterocycles. The number of hydrogen-bond acceptors (Lipinski definition) is 5. The highest BCUT2D eigenvalue weighted by molar-refractivity contribution is 7.94. The lowest BCUT2D eigenvalue weighted by molar-refractivity contribution is 0.232. The Morgan fingerprint density at radius 3 is 2.81 bits per heavy atom. The summed E-state index contributed by atoms with van der Waals surface area (Å²) >= 11 is 0.287. The molecule has 150 valence electrons. The number of hydrogen-bond donors (Lipinski definition) is 4. The number of benzene rings is 1. The molecule has 1 aliphatic carbocycles. The average Bonchev–Trinajstić information content (AvgIpc) is 2.67. The molecule has 1 aliphatic heterocycles. The van der Waals surface area contributed by atoms with Crippen LogP contribution in [0.15, 0.2) is 34.9 Å². The lowest BCUT2D eigenvalue weighted by atomic mass is 9.78. The van der Waals surface area contributed by atoms with E-state index >= 15 is 0 Å². The van der Waals surface area contributed by atoms with Crippen molar-refractivity contribution in [3.8, 4) is 0 Å². The summed E-state index contributed by atoms with van der Waals surface area (Å²) in [6, 6.07) is 6.81. The van der Waals surface area contributed by atoms with E-state index in [2.05, 4.69) is 41.3 Å². The second-order valence-electron chi connectivity index (χ2n) is 7.75. The van der Waals surface area contributed by atoms with Crippen LogP contribution in [0.2, 0.25) is 0 Å². The summed E-state index contributed by atoms with van der Waals surface area (Å²) in [5.74, 6) is 0.888. The van der Waals surface area contributed by atoms with E-state index in [1.807, 2.05) is 25.2 Å². The highest BCUT2D eigenvalue weighted by Crippen LogP contribution is 2.34. The maximum atomic E-state index is 12.8. The maximum absolute atomic E-state index is 12.8. The first kappa shape index (κ1) is 20.3. The van der Waals surface area contributed by atoms with Gasteiger partial charge in [-0.25, -0.2) is 0 Å².